The van der Waals surface area contributed by atoms with Crippen LogP contribution in [0.25, 0.3) is 11.0 Å². The third kappa shape index (κ3) is 3.84. The van der Waals surface area contributed by atoms with E-state index in [1.165, 1.54) is 0 Å². The van der Waals surface area contributed by atoms with Crippen LogP contribution >= 0.6 is 11.6 Å². The number of carbonyl (C=O) groups is 1. The maximum Gasteiger partial charge on any atom is 0.295 e. The Morgan fingerprint density at radius 3 is 2.56 bits per heavy atom. The monoisotopic (exact) mass is 501 g/mol. The normalized spacial score (nSPS) is 14.7. The fourth-order valence-corrected chi connectivity index (χ4v) is 4.70. The zero-order valence-corrected chi connectivity index (χ0v) is 20.9. The van der Waals surface area contributed by atoms with Crippen LogP contribution in [0, 0.1) is 13.8 Å². The molecule has 7 heteroatoms. The van der Waals surface area contributed by atoms with Gasteiger partial charge in [-0.2, -0.15) is 0 Å². The zero-order chi connectivity index (χ0) is 25.6. The highest BCUT2D eigenvalue weighted by Gasteiger charge is 2.44. The molecule has 3 aromatic carbocycles. The van der Waals surface area contributed by atoms with E-state index in [1.807, 2.05) is 38.1 Å². The predicted octanol–water partition coefficient (Wildman–Crippen LogP) is 6.39. The number of hydrogen-bond acceptors (Lipinski definition) is 5. The van der Waals surface area contributed by atoms with E-state index in [9.17, 15) is 9.59 Å². The molecule has 36 heavy (non-hydrogen) atoms. The molecular formula is C29H24ClNO5. The molecule has 0 saturated heterocycles. The molecule has 6 nitrogen and oxygen atoms in total. The van der Waals surface area contributed by atoms with E-state index in [4.69, 9.17) is 25.5 Å². The third-order valence-corrected chi connectivity index (χ3v) is 6.70. The molecule has 1 amide bonds. The number of aryl methyl sites for hydroxylation is 2. The van der Waals surface area contributed by atoms with Gasteiger partial charge in [-0.3, -0.25) is 14.5 Å². The molecule has 1 aromatic heterocycles. The van der Waals surface area contributed by atoms with E-state index in [0.29, 0.717) is 45.3 Å². The first kappa shape index (κ1) is 23.7. The second-order valence-corrected chi connectivity index (χ2v) is 9.11. The summed E-state index contributed by atoms with van der Waals surface area (Å²) < 4.78 is 17.3. The van der Waals surface area contributed by atoms with Gasteiger partial charge in [0.25, 0.3) is 5.91 Å². The lowest BCUT2D eigenvalue weighted by molar-refractivity contribution is 0.0971. The lowest BCUT2D eigenvalue weighted by Gasteiger charge is -2.26. The molecule has 0 N–H and O–H groups in total. The quantitative estimate of drug-likeness (QED) is 0.286. The Morgan fingerprint density at radius 1 is 1.03 bits per heavy atom. The van der Waals surface area contributed by atoms with E-state index >= 15 is 0 Å². The van der Waals surface area contributed by atoms with Crippen molar-refractivity contribution in [3.8, 4) is 11.5 Å². The molecule has 182 valence electrons. The largest absolute Gasteiger partial charge is 0.493 e. The predicted molar refractivity (Wildman–Crippen MR) is 141 cm³/mol. The molecule has 1 unspecified atom stereocenters. The maximum atomic E-state index is 13.8. The van der Waals surface area contributed by atoms with Crippen molar-refractivity contribution in [2.75, 3.05) is 18.6 Å². The van der Waals surface area contributed by atoms with Crippen LogP contribution in [0.5, 0.6) is 11.5 Å². The minimum atomic E-state index is -0.739. The topological polar surface area (TPSA) is 69.0 Å². The Morgan fingerprint density at radius 2 is 1.83 bits per heavy atom. The number of anilines is 1. The molecule has 4 aromatic rings. The molecule has 0 fully saturated rings. The van der Waals surface area contributed by atoms with Crippen LogP contribution in [0.1, 0.15) is 38.9 Å². The number of carbonyl (C=O) groups excluding carboxylic acids is 1. The number of fused-ring (bicyclic) bond motifs is 2. The third-order valence-electron chi connectivity index (χ3n) is 6.46. The first-order valence-corrected chi connectivity index (χ1v) is 11.8. The lowest BCUT2D eigenvalue weighted by atomic mass is 9.97. The summed E-state index contributed by atoms with van der Waals surface area (Å²) in [4.78, 5) is 29.2. The van der Waals surface area contributed by atoms with Crippen molar-refractivity contribution in [1.82, 2.24) is 0 Å². The minimum absolute atomic E-state index is 0.0176. The Bertz CT molecular complexity index is 1590. The van der Waals surface area contributed by atoms with Crippen LogP contribution in [0.4, 0.5) is 5.69 Å². The van der Waals surface area contributed by atoms with E-state index in [0.717, 1.165) is 11.1 Å². The molecule has 5 rings (SSSR count). The number of amides is 1. The Hall–Kier alpha value is -4.03. The molecule has 1 aliphatic heterocycles. The van der Waals surface area contributed by atoms with Gasteiger partial charge in [-0.25, -0.2) is 0 Å². The summed E-state index contributed by atoms with van der Waals surface area (Å²) in [5, 5.41) is 0.728. The summed E-state index contributed by atoms with van der Waals surface area (Å²) in [5.74, 6) is 0.631. The summed E-state index contributed by atoms with van der Waals surface area (Å²) in [6.07, 6.45) is 1.64. The summed E-state index contributed by atoms with van der Waals surface area (Å²) in [6, 6.07) is 15.2. The molecule has 1 atom stereocenters. The second kappa shape index (κ2) is 9.21. The molecule has 0 radical (unpaired) electrons. The molecule has 2 heterocycles. The zero-order valence-electron chi connectivity index (χ0n) is 20.1. The highest BCUT2D eigenvalue weighted by atomic mass is 35.5. The summed E-state index contributed by atoms with van der Waals surface area (Å²) in [7, 11) is 1.54. The minimum Gasteiger partial charge on any atom is -0.493 e. The van der Waals surface area contributed by atoms with Gasteiger partial charge in [-0.1, -0.05) is 36.4 Å². The number of methoxy groups -OCH3 is 1. The van der Waals surface area contributed by atoms with Gasteiger partial charge in [-0.15, -0.1) is 0 Å². The van der Waals surface area contributed by atoms with Crippen molar-refractivity contribution >= 4 is 34.2 Å². The van der Waals surface area contributed by atoms with Crippen LogP contribution in [0.15, 0.2) is 76.5 Å². The van der Waals surface area contributed by atoms with Crippen molar-refractivity contribution in [2.24, 2.45) is 0 Å². The Labute approximate surface area is 213 Å². The van der Waals surface area contributed by atoms with Crippen LogP contribution in [-0.4, -0.2) is 19.6 Å². The summed E-state index contributed by atoms with van der Waals surface area (Å²) >= 11 is 6.18. The summed E-state index contributed by atoms with van der Waals surface area (Å²) in [5.41, 5.74) is 3.72. The van der Waals surface area contributed by atoms with Gasteiger partial charge in [0.2, 0.25) is 5.76 Å². The lowest BCUT2D eigenvalue weighted by Crippen LogP contribution is -2.29. The van der Waals surface area contributed by atoms with Gasteiger partial charge in [0.15, 0.2) is 16.9 Å². The SMILES string of the molecule is C=CCOc1ccc(C2c3c(oc4ccc(Cl)cc4c3=O)C(=O)N2c2ccc(C)c(C)c2)cc1OC. The smallest absolute Gasteiger partial charge is 0.295 e. The number of nitrogens with zero attached hydrogens (tertiary/aromatic N) is 1. The van der Waals surface area contributed by atoms with Crippen molar-refractivity contribution in [2.45, 2.75) is 19.9 Å². The van der Waals surface area contributed by atoms with E-state index in [2.05, 4.69) is 6.58 Å². The summed E-state index contributed by atoms with van der Waals surface area (Å²) in [6.45, 7) is 7.98. The highest BCUT2D eigenvalue weighted by Crippen LogP contribution is 2.43. The van der Waals surface area contributed by atoms with Gasteiger partial charge in [-0.05, 0) is 73.0 Å². The molecule has 0 bridgehead atoms. The van der Waals surface area contributed by atoms with E-state index in [-0.39, 0.29) is 16.8 Å². The van der Waals surface area contributed by atoms with Crippen molar-refractivity contribution in [3.63, 3.8) is 0 Å². The van der Waals surface area contributed by atoms with Crippen LogP contribution < -0.4 is 19.8 Å². The van der Waals surface area contributed by atoms with Crippen LogP contribution in [-0.2, 0) is 0 Å². The average molecular weight is 502 g/mol. The van der Waals surface area contributed by atoms with E-state index < -0.39 is 11.9 Å². The first-order chi connectivity index (χ1) is 17.3. The van der Waals surface area contributed by atoms with Crippen LogP contribution in [0.3, 0.4) is 0 Å². The van der Waals surface area contributed by atoms with Gasteiger partial charge in [0.05, 0.1) is 24.1 Å². The van der Waals surface area contributed by atoms with Crippen LogP contribution in [0.2, 0.25) is 5.02 Å². The number of rotatable bonds is 6. The first-order valence-electron chi connectivity index (χ1n) is 11.4. The number of ether oxygens (including phenoxy) is 2. The second-order valence-electron chi connectivity index (χ2n) is 8.67. The molecule has 0 aliphatic carbocycles. The Balaban J connectivity index is 1.77. The standard InChI is InChI=1S/C29H24ClNO5/c1-5-12-35-23-10-7-18(14-24(23)34-4)26-25-27(32)21-15-19(30)8-11-22(21)36-28(25)29(33)31(26)20-9-6-16(2)17(3)13-20/h5-11,13-15,26H,1,12H2,2-4H3. The maximum absolute atomic E-state index is 13.8. The fourth-order valence-electron chi connectivity index (χ4n) is 4.52. The van der Waals surface area contributed by atoms with Crippen molar-refractivity contribution in [1.29, 1.82) is 0 Å². The average Bonchev–Trinajstić information content (AvgIpc) is 3.17. The number of halogens is 1. The number of benzene rings is 3. The molecule has 1 aliphatic rings. The van der Waals surface area contributed by atoms with Crippen molar-refractivity contribution in [3.05, 3.63) is 111 Å². The highest BCUT2D eigenvalue weighted by molar-refractivity contribution is 6.31. The molecule has 0 saturated carbocycles. The van der Waals surface area contributed by atoms with Gasteiger partial charge < -0.3 is 13.9 Å². The van der Waals surface area contributed by atoms with E-state index in [1.54, 1.807) is 48.4 Å². The van der Waals surface area contributed by atoms with Crippen molar-refractivity contribution < 1.29 is 18.7 Å². The molecular weight excluding hydrogens is 478 g/mol. The Kier molecular flexibility index (Phi) is 6.06. The number of hydrogen-bond donors (Lipinski definition) is 0. The van der Waals surface area contributed by atoms with Gasteiger partial charge in [0, 0.05) is 10.7 Å². The fraction of sp³-hybridized carbons (Fsp3) is 0.172. The van der Waals surface area contributed by atoms with Gasteiger partial charge >= 0.3 is 0 Å². The van der Waals surface area contributed by atoms with Gasteiger partial charge in [0.1, 0.15) is 12.2 Å². The molecule has 0 spiro atoms.